The van der Waals surface area contributed by atoms with E-state index in [9.17, 15) is 14.9 Å². The molecule has 0 radical (unpaired) electrons. The van der Waals surface area contributed by atoms with E-state index in [0.717, 1.165) is 19.3 Å². The average Bonchev–Trinajstić information content (AvgIpc) is 2.61. The molecule has 8 nitrogen and oxygen atoms in total. The summed E-state index contributed by atoms with van der Waals surface area (Å²) in [5.41, 5.74) is 5.42. The summed E-state index contributed by atoms with van der Waals surface area (Å²) in [4.78, 5) is 24.0. The number of non-ortho nitro benzene ring substituents is 1. The first-order chi connectivity index (χ1) is 11.6. The molecule has 1 heterocycles. The summed E-state index contributed by atoms with van der Waals surface area (Å²) in [5.74, 6) is 0.350. The molecule has 0 aliphatic carbocycles. The maximum Gasteiger partial charge on any atom is 0.269 e. The summed E-state index contributed by atoms with van der Waals surface area (Å²) in [7, 11) is 0. The van der Waals surface area contributed by atoms with Crippen LogP contribution in [0.25, 0.3) is 0 Å². The lowest BCUT2D eigenvalue weighted by Crippen LogP contribution is -2.43. The first-order valence-corrected chi connectivity index (χ1v) is 8.07. The zero-order chi connectivity index (χ0) is 17.4. The summed E-state index contributed by atoms with van der Waals surface area (Å²) in [6, 6.07) is 5.68. The fourth-order valence-electron chi connectivity index (χ4n) is 2.51. The summed E-state index contributed by atoms with van der Waals surface area (Å²) in [5, 5.41) is 10.6. The van der Waals surface area contributed by atoms with Crippen molar-refractivity contribution >= 4 is 11.6 Å². The molecule has 1 aromatic rings. The number of rotatable bonds is 8. The second kappa shape index (κ2) is 9.19. The summed E-state index contributed by atoms with van der Waals surface area (Å²) >= 11 is 0. The number of carbonyl (C=O) groups is 1. The number of ether oxygens (including phenoxy) is 2. The van der Waals surface area contributed by atoms with Crippen LogP contribution in [0.1, 0.15) is 19.3 Å². The van der Waals surface area contributed by atoms with E-state index in [4.69, 9.17) is 15.2 Å². The fourth-order valence-corrected chi connectivity index (χ4v) is 2.51. The highest BCUT2D eigenvalue weighted by atomic mass is 16.6. The molecule has 1 fully saturated rings. The number of piperidine rings is 1. The third kappa shape index (κ3) is 5.47. The Labute approximate surface area is 140 Å². The molecule has 8 heteroatoms. The maximum atomic E-state index is 12.1. The Morgan fingerprint density at radius 1 is 1.29 bits per heavy atom. The van der Waals surface area contributed by atoms with Crippen LogP contribution in [0.4, 0.5) is 5.69 Å². The van der Waals surface area contributed by atoms with Crippen molar-refractivity contribution in [2.24, 2.45) is 5.73 Å². The molecule has 0 aromatic heterocycles. The number of nitrogens with zero attached hydrogens (tertiary/aromatic N) is 2. The normalized spacial score (nSPS) is 15.3. The van der Waals surface area contributed by atoms with Crippen LogP contribution in [-0.4, -0.2) is 54.7 Å². The van der Waals surface area contributed by atoms with E-state index >= 15 is 0 Å². The number of benzene rings is 1. The van der Waals surface area contributed by atoms with Crippen molar-refractivity contribution in [2.75, 3.05) is 32.8 Å². The highest BCUT2D eigenvalue weighted by molar-refractivity contribution is 5.77. The molecule has 132 valence electrons. The minimum Gasteiger partial charge on any atom is -0.484 e. The number of likely N-dealkylation sites (tertiary alicyclic amines) is 1. The third-order valence-corrected chi connectivity index (χ3v) is 3.91. The van der Waals surface area contributed by atoms with E-state index in [0.29, 0.717) is 32.0 Å². The lowest BCUT2D eigenvalue weighted by atomic mass is 10.1. The number of hydrogen-bond donors (Lipinski definition) is 1. The number of carbonyl (C=O) groups excluding carboxylic acids is 1. The average molecular weight is 337 g/mol. The minimum atomic E-state index is -0.477. The van der Waals surface area contributed by atoms with Gasteiger partial charge in [0.05, 0.1) is 11.0 Å². The second-order valence-electron chi connectivity index (χ2n) is 5.63. The zero-order valence-corrected chi connectivity index (χ0v) is 13.6. The van der Waals surface area contributed by atoms with E-state index in [2.05, 4.69) is 0 Å². The molecule has 1 aliphatic rings. The largest absolute Gasteiger partial charge is 0.484 e. The van der Waals surface area contributed by atoms with Crippen molar-refractivity contribution in [1.82, 2.24) is 4.90 Å². The van der Waals surface area contributed by atoms with Gasteiger partial charge < -0.3 is 20.1 Å². The van der Waals surface area contributed by atoms with Gasteiger partial charge in [-0.15, -0.1) is 0 Å². The first-order valence-electron chi connectivity index (χ1n) is 8.07. The molecule has 1 aliphatic heterocycles. The van der Waals surface area contributed by atoms with Crippen molar-refractivity contribution < 1.29 is 19.2 Å². The molecule has 0 spiro atoms. The van der Waals surface area contributed by atoms with Gasteiger partial charge >= 0.3 is 0 Å². The number of nitro groups is 1. The molecule has 2 rings (SSSR count). The van der Waals surface area contributed by atoms with Crippen LogP contribution in [0.3, 0.4) is 0 Å². The molecule has 1 aromatic carbocycles. The fraction of sp³-hybridized carbons (Fsp3) is 0.562. The lowest BCUT2D eigenvalue weighted by molar-refractivity contribution is -0.384. The van der Waals surface area contributed by atoms with E-state index in [1.807, 2.05) is 0 Å². The van der Waals surface area contributed by atoms with Gasteiger partial charge in [0.1, 0.15) is 5.75 Å². The molecule has 0 saturated carbocycles. The van der Waals surface area contributed by atoms with Crippen LogP contribution in [0.5, 0.6) is 5.75 Å². The first kappa shape index (κ1) is 18.2. The smallest absolute Gasteiger partial charge is 0.269 e. The van der Waals surface area contributed by atoms with Crippen LogP contribution in [0, 0.1) is 10.1 Å². The Kier molecular flexibility index (Phi) is 6.95. The Bertz CT molecular complexity index is 541. The Hall–Kier alpha value is -2.19. The van der Waals surface area contributed by atoms with Gasteiger partial charge in [0.2, 0.25) is 0 Å². The zero-order valence-electron chi connectivity index (χ0n) is 13.6. The monoisotopic (exact) mass is 337 g/mol. The van der Waals surface area contributed by atoms with Gasteiger partial charge in [-0.25, -0.2) is 0 Å². The standard InChI is InChI=1S/C16H23N3O5/c17-8-1-11-23-15-6-9-18(10-7-15)16(20)12-24-14-4-2-13(3-5-14)19(21)22/h2-5,15H,1,6-12,17H2. The van der Waals surface area contributed by atoms with Crippen molar-refractivity contribution in [3.8, 4) is 5.75 Å². The van der Waals surface area contributed by atoms with Gasteiger partial charge in [0.25, 0.3) is 11.6 Å². The van der Waals surface area contributed by atoms with Crippen molar-refractivity contribution in [1.29, 1.82) is 0 Å². The highest BCUT2D eigenvalue weighted by Gasteiger charge is 2.23. The summed E-state index contributed by atoms with van der Waals surface area (Å²) < 4.78 is 11.1. The van der Waals surface area contributed by atoms with Crippen molar-refractivity contribution in [3.05, 3.63) is 34.4 Å². The molecule has 1 saturated heterocycles. The van der Waals surface area contributed by atoms with Crippen LogP contribution in [0.15, 0.2) is 24.3 Å². The summed E-state index contributed by atoms with van der Waals surface area (Å²) in [6.07, 6.45) is 2.67. The number of nitrogens with two attached hydrogens (primary N) is 1. The Morgan fingerprint density at radius 2 is 1.96 bits per heavy atom. The number of nitro benzene ring substituents is 1. The van der Waals surface area contributed by atoms with E-state index in [1.54, 1.807) is 4.90 Å². The van der Waals surface area contributed by atoms with E-state index in [1.165, 1.54) is 24.3 Å². The van der Waals surface area contributed by atoms with Gasteiger partial charge in [-0.2, -0.15) is 0 Å². The topological polar surface area (TPSA) is 108 Å². The Morgan fingerprint density at radius 3 is 2.54 bits per heavy atom. The third-order valence-electron chi connectivity index (χ3n) is 3.91. The summed E-state index contributed by atoms with van der Waals surface area (Å²) in [6.45, 7) is 2.51. The SMILES string of the molecule is NCCCOC1CCN(C(=O)COc2ccc([N+](=O)[O-])cc2)CC1. The molecular formula is C16H23N3O5. The van der Waals surface area contributed by atoms with Gasteiger partial charge in [0, 0.05) is 31.8 Å². The van der Waals surface area contributed by atoms with Gasteiger partial charge in [-0.05, 0) is 37.9 Å². The predicted molar refractivity (Wildman–Crippen MR) is 87.8 cm³/mol. The predicted octanol–water partition coefficient (Wildman–Crippen LogP) is 1.33. The number of hydrogen-bond acceptors (Lipinski definition) is 6. The molecule has 0 unspecified atom stereocenters. The van der Waals surface area contributed by atoms with Gasteiger partial charge in [0.15, 0.2) is 6.61 Å². The van der Waals surface area contributed by atoms with E-state index < -0.39 is 4.92 Å². The van der Waals surface area contributed by atoms with Gasteiger partial charge in [-0.1, -0.05) is 0 Å². The van der Waals surface area contributed by atoms with Crippen molar-refractivity contribution in [2.45, 2.75) is 25.4 Å². The molecular weight excluding hydrogens is 314 g/mol. The maximum absolute atomic E-state index is 12.1. The number of amides is 1. The van der Waals surface area contributed by atoms with Gasteiger partial charge in [-0.3, -0.25) is 14.9 Å². The van der Waals surface area contributed by atoms with E-state index in [-0.39, 0.29) is 24.3 Å². The molecule has 0 bridgehead atoms. The van der Waals surface area contributed by atoms with Crippen LogP contribution in [0.2, 0.25) is 0 Å². The quantitative estimate of drug-likeness (QED) is 0.435. The van der Waals surface area contributed by atoms with Crippen molar-refractivity contribution in [3.63, 3.8) is 0 Å². The Balaban J connectivity index is 1.70. The molecule has 2 N–H and O–H groups in total. The molecule has 1 amide bonds. The highest BCUT2D eigenvalue weighted by Crippen LogP contribution is 2.18. The van der Waals surface area contributed by atoms with Crippen LogP contribution in [-0.2, 0) is 9.53 Å². The minimum absolute atomic E-state index is 0.00890. The molecule has 24 heavy (non-hydrogen) atoms. The lowest BCUT2D eigenvalue weighted by Gasteiger charge is -2.31. The van der Waals surface area contributed by atoms with Crippen LogP contribution >= 0.6 is 0 Å². The second-order valence-corrected chi connectivity index (χ2v) is 5.63. The van der Waals surface area contributed by atoms with Crippen LogP contribution < -0.4 is 10.5 Å². The molecule has 0 atom stereocenters.